The number of aromatic nitrogens is 4. The molecule has 2 aromatic carbocycles. The maximum atomic E-state index is 15.1. The number of nitrogens with two attached hydrogens (primary N) is 1. The fourth-order valence-electron chi connectivity index (χ4n) is 5.40. The number of pyridine rings is 1. The van der Waals surface area contributed by atoms with Gasteiger partial charge in [0, 0.05) is 50.0 Å². The van der Waals surface area contributed by atoms with Crippen molar-refractivity contribution >= 4 is 22.4 Å². The minimum absolute atomic E-state index is 0.0163. The summed E-state index contributed by atoms with van der Waals surface area (Å²) in [5, 5.41) is 11.0. The van der Waals surface area contributed by atoms with Crippen LogP contribution in [0.4, 0.5) is 10.2 Å². The van der Waals surface area contributed by atoms with Crippen molar-refractivity contribution in [3.05, 3.63) is 105 Å². The molecule has 0 amide bonds. The van der Waals surface area contributed by atoms with Crippen LogP contribution in [0.3, 0.4) is 0 Å². The second-order valence-corrected chi connectivity index (χ2v) is 10.4. The Labute approximate surface area is 229 Å². The summed E-state index contributed by atoms with van der Waals surface area (Å²) in [5.74, 6) is 0.471. The zero-order valence-corrected chi connectivity index (χ0v) is 22.2. The number of rotatable bonds is 7. The van der Waals surface area contributed by atoms with Crippen LogP contribution in [0.5, 0.6) is 0 Å². The van der Waals surface area contributed by atoms with E-state index in [1.165, 1.54) is 17.6 Å². The average Bonchev–Trinajstić information content (AvgIpc) is 3.70. The summed E-state index contributed by atoms with van der Waals surface area (Å²) < 4.78 is 18.3. The van der Waals surface area contributed by atoms with Crippen LogP contribution in [-0.4, -0.2) is 30.0 Å². The molecule has 5 aromatic rings. The molecule has 8 nitrogen and oxygen atoms in total. The van der Waals surface area contributed by atoms with Gasteiger partial charge in [-0.05, 0) is 59.5 Å². The predicted octanol–water partition coefficient (Wildman–Crippen LogP) is 4.67. The molecule has 0 spiro atoms. The number of benzene rings is 2. The number of ketones is 1. The predicted molar refractivity (Wildman–Crippen MR) is 151 cm³/mol. The van der Waals surface area contributed by atoms with Crippen molar-refractivity contribution < 1.29 is 14.3 Å². The smallest absolute Gasteiger partial charge is 0.265 e. The van der Waals surface area contributed by atoms with Gasteiger partial charge in [0.2, 0.25) is 0 Å². The Morgan fingerprint density at radius 3 is 2.65 bits per heavy atom. The highest BCUT2D eigenvalue weighted by molar-refractivity contribution is 5.92. The fraction of sp³-hybridized carbons (Fsp3) is 0.226. The van der Waals surface area contributed by atoms with Gasteiger partial charge in [0.05, 0.1) is 29.1 Å². The maximum Gasteiger partial charge on any atom is 0.265 e. The highest BCUT2D eigenvalue weighted by Gasteiger charge is 2.25. The number of nitrogens with zero attached hydrogens (tertiary/aromatic N) is 4. The summed E-state index contributed by atoms with van der Waals surface area (Å²) in [6.45, 7) is 1.12. The van der Waals surface area contributed by atoms with E-state index in [0.717, 1.165) is 24.0 Å². The average molecular weight is 538 g/mol. The maximum absolute atomic E-state index is 15.1. The molecule has 1 saturated carbocycles. The van der Waals surface area contributed by atoms with Gasteiger partial charge in [-0.25, -0.2) is 14.4 Å². The molecular formula is C31H28FN5O3. The van der Waals surface area contributed by atoms with Gasteiger partial charge in [-0.2, -0.15) is 0 Å². The van der Waals surface area contributed by atoms with Crippen LogP contribution >= 0.6 is 0 Å². The van der Waals surface area contributed by atoms with Gasteiger partial charge in [-0.15, -0.1) is 0 Å². The SMILES string of the molecule is CC(=O)c1cc(Cc2nc(N)cc(-c3cccc(-n4ccc5cc(C6CC6)cc(F)c5c4=O)c3CO)n2)cn1C. The van der Waals surface area contributed by atoms with Gasteiger partial charge in [0.1, 0.15) is 17.5 Å². The lowest BCUT2D eigenvalue weighted by molar-refractivity contribution is 0.101. The lowest BCUT2D eigenvalue weighted by Gasteiger charge is -2.16. The standard InChI is InChI=1S/C31H28FN5O3/c1-17(39)27-10-18(15-36(27)2)11-29-34-25(14-28(33)35-29)22-4-3-5-26(23(22)16-38)37-9-8-20-12-21(19-6-7-19)13-24(32)30(20)31(37)40/h3-5,8-10,12-15,19,38H,6-7,11,16H2,1-2H3,(H2,33,34,35). The van der Waals surface area contributed by atoms with Crippen molar-refractivity contribution in [2.45, 2.75) is 38.7 Å². The van der Waals surface area contributed by atoms with E-state index in [4.69, 9.17) is 10.7 Å². The van der Waals surface area contributed by atoms with Crippen LogP contribution < -0.4 is 11.3 Å². The van der Waals surface area contributed by atoms with Gasteiger partial charge >= 0.3 is 0 Å². The van der Waals surface area contributed by atoms with Crippen LogP contribution in [-0.2, 0) is 20.1 Å². The minimum atomic E-state index is -0.539. The Morgan fingerprint density at radius 2 is 1.95 bits per heavy atom. The lowest BCUT2D eigenvalue weighted by atomic mass is 10.0. The number of carbonyl (C=O) groups is 1. The Bertz CT molecular complexity index is 1870. The summed E-state index contributed by atoms with van der Waals surface area (Å²) in [6, 6.07) is 13.7. The number of halogens is 1. The molecule has 40 heavy (non-hydrogen) atoms. The second kappa shape index (κ2) is 9.84. The largest absolute Gasteiger partial charge is 0.392 e. The third-order valence-electron chi connectivity index (χ3n) is 7.45. The molecule has 1 aliphatic carbocycles. The van der Waals surface area contributed by atoms with E-state index in [9.17, 15) is 14.7 Å². The molecule has 0 aliphatic heterocycles. The molecule has 9 heteroatoms. The monoisotopic (exact) mass is 537 g/mol. The Hall–Kier alpha value is -4.63. The lowest BCUT2D eigenvalue weighted by Crippen LogP contribution is -2.20. The number of aliphatic hydroxyl groups is 1. The number of hydrogen-bond acceptors (Lipinski definition) is 6. The number of Topliss-reactive ketones (excluding diaryl/α,β-unsaturated/α-hetero) is 1. The van der Waals surface area contributed by atoms with E-state index >= 15 is 4.39 Å². The Balaban J connectivity index is 1.43. The van der Waals surface area contributed by atoms with Crippen molar-refractivity contribution in [1.82, 2.24) is 19.1 Å². The third-order valence-corrected chi connectivity index (χ3v) is 7.45. The molecule has 3 heterocycles. The van der Waals surface area contributed by atoms with Crippen molar-refractivity contribution in [3.63, 3.8) is 0 Å². The van der Waals surface area contributed by atoms with E-state index in [2.05, 4.69) is 4.98 Å². The van der Waals surface area contributed by atoms with E-state index in [1.54, 1.807) is 54.2 Å². The van der Waals surface area contributed by atoms with Crippen LogP contribution in [0.2, 0.25) is 0 Å². The summed E-state index contributed by atoms with van der Waals surface area (Å²) in [6.07, 6.45) is 5.88. The van der Waals surface area contributed by atoms with Gasteiger partial charge < -0.3 is 15.4 Å². The first-order valence-corrected chi connectivity index (χ1v) is 13.1. The number of carbonyl (C=O) groups excluding carboxylic acids is 1. The van der Waals surface area contributed by atoms with E-state index in [-0.39, 0.29) is 23.6 Å². The Morgan fingerprint density at radius 1 is 1.15 bits per heavy atom. The first kappa shape index (κ1) is 25.6. The van der Waals surface area contributed by atoms with E-state index < -0.39 is 11.4 Å². The van der Waals surface area contributed by atoms with Crippen molar-refractivity contribution in [1.29, 1.82) is 0 Å². The molecule has 1 aliphatic rings. The minimum Gasteiger partial charge on any atom is -0.392 e. The zero-order valence-electron chi connectivity index (χ0n) is 22.2. The fourth-order valence-corrected chi connectivity index (χ4v) is 5.40. The second-order valence-electron chi connectivity index (χ2n) is 10.4. The zero-order chi connectivity index (χ0) is 28.1. The van der Waals surface area contributed by atoms with Crippen LogP contribution in [0.25, 0.3) is 27.7 Å². The number of fused-ring (bicyclic) bond motifs is 1. The molecule has 202 valence electrons. The molecule has 0 radical (unpaired) electrons. The van der Waals surface area contributed by atoms with Crippen molar-refractivity contribution in [2.24, 2.45) is 7.05 Å². The molecule has 0 bridgehead atoms. The summed E-state index contributed by atoms with van der Waals surface area (Å²) in [5.41, 5.74) is 9.92. The van der Waals surface area contributed by atoms with Gasteiger partial charge in [-0.1, -0.05) is 18.2 Å². The summed E-state index contributed by atoms with van der Waals surface area (Å²) in [4.78, 5) is 34.5. The molecule has 3 N–H and O–H groups in total. The highest BCUT2D eigenvalue weighted by Crippen LogP contribution is 2.41. The highest BCUT2D eigenvalue weighted by atomic mass is 19.1. The van der Waals surface area contributed by atoms with Crippen molar-refractivity contribution in [2.75, 3.05) is 5.73 Å². The number of hydrogen-bond donors (Lipinski definition) is 2. The summed E-state index contributed by atoms with van der Waals surface area (Å²) >= 11 is 0. The van der Waals surface area contributed by atoms with E-state index in [1.807, 2.05) is 12.3 Å². The number of anilines is 1. The molecule has 6 rings (SSSR count). The molecular weight excluding hydrogens is 509 g/mol. The Kier molecular flexibility index (Phi) is 6.31. The van der Waals surface area contributed by atoms with Gasteiger partial charge in [0.25, 0.3) is 5.56 Å². The first-order chi connectivity index (χ1) is 19.2. The molecule has 0 atom stereocenters. The van der Waals surface area contributed by atoms with E-state index in [0.29, 0.717) is 51.8 Å². The molecule has 0 unspecified atom stereocenters. The number of nitrogen functional groups attached to an aromatic ring is 1. The normalized spacial score (nSPS) is 13.2. The number of aryl methyl sites for hydroxylation is 1. The summed E-state index contributed by atoms with van der Waals surface area (Å²) in [7, 11) is 1.80. The van der Waals surface area contributed by atoms with Crippen LogP contribution in [0.15, 0.2) is 65.7 Å². The van der Waals surface area contributed by atoms with Crippen molar-refractivity contribution in [3.8, 4) is 16.9 Å². The number of aliphatic hydroxyl groups excluding tert-OH is 1. The van der Waals surface area contributed by atoms with Crippen LogP contribution in [0, 0.1) is 5.82 Å². The molecule has 1 fully saturated rings. The molecule has 0 saturated heterocycles. The van der Waals surface area contributed by atoms with Gasteiger partial charge in [0.15, 0.2) is 5.78 Å². The third kappa shape index (κ3) is 4.58. The van der Waals surface area contributed by atoms with Gasteiger partial charge in [-0.3, -0.25) is 14.2 Å². The quantitative estimate of drug-likeness (QED) is 0.292. The first-order valence-electron chi connectivity index (χ1n) is 13.1. The molecule has 3 aromatic heterocycles. The topological polar surface area (TPSA) is 116 Å². The van der Waals surface area contributed by atoms with Crippen LogP contribution in [0.1, 0.15) is 58.7 Å².